The van der Waals surface area contributed by atoms with Crippen LogP contribution in [0.4, 0.5) is 0 Å². The van der Waals surface area contributed by atoms with Crippen LogP contribution in [-0.2, 0) is 14.3 Å². The third kappa shape index (κ3) is 9.69. The molecular formula is C16H33N3O3S. The van der Waals surface area contributed by atoms with Crippen molar-refractivity contribution in [3.63, 3.8) is 0 Å². The number of rotatable bonds is 12. The van der Waals surface area contributed by atoms with Crippen LogP contribution in [0.2, 0.25) is 0 Å². The lowest BCUT2D eigenvalue weighted by Gasteiger charge is -2.18. The molecule has 0 saturated heterocycles. The van der Waals surface area contributed by atoms with Crippen LogP contribution in [0, 0.1) is 0 Å². The fourth-order valence-electron chi connectivity index (χ4n) is 2.71. The lowest BCUT2D eigenvalue weighted by Crippen LogP contribution is -2.33. The summed E-state index contributed by atoms with van der Waals surface area (Å²) in [5, 5.41) is 5.78. The van der Waals surface area contributed by atoms with Crippen molar-refractivity contribution in [2.45, 2.75) is 71.1 Å². The van der Waals surface area contributed by atoms with Gasteiger partial charge in [-0.05, 0) is 6.42 Å². The molecule has 0 N–H and O–H groups in total. The highest BCUT2D eigenvalue weighted by Crippen LogP contribution is 2.13. The number of amidine groups is 1. The van der Waals surface area contributed by atoms with E-state index in [0.29, 0.717) is 6.67 Å². The Labute approximate surface area is 142 Å². The topological polar surface area (TPSA) is 62.2 Å². The predicted octanol–water partition coefficient (Wildman–Crippen LogP) is 3.36. The normalized spacial score (nSPS) is 15.2. The first-order valence-electron chi connectivity index (χ1n) is 8.86. The molecule has 7 heteroatoms. The molecular weight excluding hydrogens is 314 g/mol. The fourth-order valence-corrected chi connectivity index (χ4v) is 3.12. The molecule has 0 aromatic heterocycles. The molecule has 0 fully saturated rings. The second-order valence-electron chi connectivity index (χ2n) is 6.41. The minimum atomic E-state index is -3.52. The molecule has 1 heterocycles. The highest BCUT2D eigenvalue weighted by atomic mass is 32.2. The van der Waals surface area contributed by atoms with Crippen molar-refractivity contribution < 1.29 is 12.6 Å². The zero-order valence-electron chi connectivity index (χ0n) is 15.0. The molecule has 0 aromatic carbocycles. The zero-order valence-corrected chi connectivity index (χ0v) is 15.8. The van der Waals surface area contributed by atoms with Gasteiger partial charge < -0.3 is 9.08 Å². The van der Waals surface area contributed by atoms with Gasteiger partial charge in [-0.1, -0.05) is 64.7 Å². The number of nitrogens with zero attached hydrogens (tertiary/aromatic N) is 3. The van der Waals surface area contributed by atoms with E-state index < -0.39 is 10.1 Å². The average Bonchev–Trinajstić information content (AvgIpc) is 2.78. The molecule has 1 rings (SSSR count). The first-order valence-corrected chi connectivity index (χ1v) is 10.7. The summed E-state index contributed by atoms with van der Waals surface area (Å²) in [6, 6.07) is 0.200. The number of unbranched alkanes of at least 4 members (excludes halogenated alkanes) is 9. The van der Waals surface area contributed by atoms with Crippen LogP contribution in [0.3, 0.4) is 0 Å². The SMILES string of the molecule is CCCCCCCCCCCCN1CN(C)N=C1OS(C)(=O)=O. The molecule has 6 nitrogen and oxygen atoms in total. The highest BCUT2D eigenvalue weighted by Gasteiger charge is 2.24. The van der Waals surface area contributed by atoms with Gasteiger partial charge in [0.15, 0.2) is 0 Å². The molecule has 23 heavy (non-hydrogen) atoms. The Morgan fingerprint density at radius 2 is 1.52 bits per heavy atom. The fraction of sp³-hybridized carbons (Fsp3) is 0.938. The summed E-state index contributed by atoms with van der Waals surface area (Å²) in [5.41, 5.74) is 0. The van der Waals surface area contributed by atoms with Gasteiger partial charge >= 0.3 is 16.1 Å². The summed E-state index contributed by atoms with van der Waals surface area (Å²) >= 11 is 0. The van der Waals surface area contributed by atoms with Gasteiger partial charge in [0.2, 0.25) is 0 Å². The van der Waals surface area contributed by atoms with Crippen LogP contribution in [0.25, 0.3) is 0 Å². The minimum Gasteiger partial charge on any atom is -0.344 e. The highest BCUT2D eigenvalue weighted by molar-refractivity contribution is 7.86. The quantitative estimate of drug-likeness (QED) is 0.400. The van der Waals surface area contributed by atoms with E-state index >= 15 is 0 Å². The lowest BCUT2D eigenvalue weighted by molar-refractivity contribution is 0.261. The van der Waals surface area contributed by atoms with Crippen molar-refractivity contribution in [2.75, 3.05) is 26.5 Å². The summed E-state index contributed by atoms with van der Waals surface area (Å²) in [6.07, 6.45) is 13.9. The molecule has 0 radical (unpaired) electrons. The van der Waals surface area contributed by atoms with Gasteiger partial charge in [-0.3, -0.25) is 5.01 Å². The summed E-state index contributed by atoms with van der Waals surface area (Å²) < 4.78 is 27.4. The molecule has 0 aromatic rings. The van der Waals surface area contributed by atoms with E-state index in [9.17, 15) is 8.42 Å². The molecule has 0 saturated carbocycles. The van der Waals surface area contributed by atoms with Gasteiger partial charge in [0, 0.05) is 13.6 Å². The van der Waals surface area contributed by atoms with Crippen molar-refractivity contribution in [3.8, 4) is 0 Å². The smallest absolute Gasteiger partial charge is 0.327 e. The van der Waals surface area contributed by atoms with Gasteiger partial charge in [0.25, 0.3) is 0 Å². The Kier molecular flexibility index (Phi) is 9.36. The first-order chi connectivity index (χ1) is 10.9. The summed E-state index contributed by atoms with van der Waals surface area (Å²) in [5.74, 6) is 0. The van der Waals surface area contributed by atoms with Crippen LogP contribution in [-0.4, -0.2) is 50.9 Å². The van der Waals surface area contributed by atoms with Gasteiger partial charge in [0.1, 0.15) is 6.67 Å². The van der Waals surface area contributed by atoms with E-state index in [2.05, 4.69) is 12.0 Å². The standard InChI is InChI=1S/C16H33N3O3S/c1-4-5-6-7-8-9-10-11-12-13-14-19-15-18(2)17-16(19)22-23(3,20)21/h4-15H2,1-3H3. The minimum absolute atomic E-state index is 0.200. The van der Waals surface area contributed by atoms with E-state index in [1.165, 1.54) is 57.8 Å². The third-order valence-corrected chi connectivity index (χ3v) is 4.36. The second-order valence-corrected chi connectivity index (χ2v) is 7.99. The molecule has 136 valence electrons. The molecule has 1 aliphatic rings. The average molecular weight is 348 g/mol. The van der Waals surface area contributed by atoms with Gasteiger partial charge in [0.05, 0.1) is 6.26 Å². The second kappa shape index (κ2) is 10.7. The largest absolute Gasteiger partial charge is 0.344 e. The number of hydrogen-bond acceptors (Lipinski definition) is 6. The van der Waals surface area contributed by atoms with Crippen molar-refractivity contribution in [1.82, 2.24) is 9.91 Å². The van der Waals surface area contributed by atoms with Crippen LogP contribution in [0.15, 0.2) is 5.10 Å². The Balaban J connectivity index is 2.08. The Morgan fingerprint density at radius 3 is 2.04 bits per heavy atom. The first kappa shape index (κ1) is 20.1. The maximum absolute atomic E-state index is 11.2. The Morgan fingerprint density at radius 1 is 1.00 bits per heavy atom. The lowest BCUT2D eigenvalue weighted by atomic mass is 10.1. The monoisotopic (exact) mass is 347 g/mol. The molecule has 0 spiro atoms. The maximum atomic E-state index is 11.2. The third-order valence-electron chi connectivity index (χ3n) is 3.91. The Hall–Kier alpha value is -0.980. The van der Waals surface area contributed by atoms with Crippen molar-refractivity contribution >= 4 is 16.1 Å². The van der Waals surface area contributed by atoms with E-state index in [-0.39, 0.29) is 6.02 Å². The van der Waals surface area contributed by atoms with Crippen molar-refractivity contribution in [1.29, 1.82) is 0 Å². The van der Waals surface area contributed by atoms with E-state index in [0.717, 1.165) is 19.2 Å². The number of hydrazone groups is 1. The summed E-state index contributed by atoms with van der Waals surface area (Å²) in [4.78, 5) is 1.88. The molecule has 0 aliphatic carbocycles. The summed E-state index contributed by atoms with van der Waals surface area (Å²) in [6.45, 7) is 3.62. The molecule has 0 atom stereocenters. The van der Waals surface area contributed by atoms with E-state index in [1.807, 2.05) is 11.9 Å². The van der Waals surface area contributed by atoms with E-state index in [4.69, 9.17) is 4.18 Å². The zero-order chi connectivity index (χ0) is 17.1. The maximum Gasteiger partial charge on any atom is 0.327 e. The van der Waals surface area contributed by atoms with Crippen LogP contribution < -0.4 is 0 Å². The van der Waals surface area contributed by atoms with E-state index in [1.54, 1.807) is 5.01 Å². The summed E-state index contributed by atoms with van der Waals surface area (Å²) in [7, 11) is -1.71. The van der Waals surface area contributed by atoms with Crippen molar-refractivity contribution in [2.24, 2.45) is 5.10 Å². The van der Waals surface area contributed by atoms with Crippen LogP contribution in [0.1, 0.15) is 71.1 Å². The predicted molar refractivity (Wildman–Crippen MR) is 94.5 cm³/mol. The van der Waals surface area contributed by atoms with Crippen molar-refractivity contribution in [3.05, 3.63) is 0 Å². The number of hydrogen-bond donors (Lipinski definition) is 0. The molecule has 0 bridgehead atoms. The Bertz CT molecular complexity index is 451. The van der Waals surface area contributed by atoms with Gasteiger partial charge in [-0.2, -0.15) is 8.42 Å². The van der Waals surface area contributed by atoms with Gasteiger partial charge in [-0.25, -0.2) is 0 Å². The molecule has 0 amide bonds. The molecule has 1 aliphatic heterocycles. The van der Waals surface area contributed by atoms with Gasteiger partial charge in [-0.15, -0.1) is 5.10 Å². The molecule has 0 unspecified atom stereocenters. The van der Waals surface area contributed by atoms with Crippen LogP contribution in [0.5, 0.6) is 0 Å². The van der Waals surface area contributed by atoms with Crippen LogP contribution >= 0.6 is 0 Å².